The summed E-state index contributed by atoms with van der Waals surface area (Å²) in [6.07, 6.45) is 7.13. The number of hydrogen-bond donors (Lipinski definition) is 0. The van der Waals surface area contributed by atoms with Gasteiger partial charge in [-0.05, 0) is 19.3 Å². The molecule has 20 heavy (non-hydrogen) atoms. The van der Waals surface area contributed by atoms with Crippen LogP contribution in [0.2, 0.25) is 0 Å². The molecular weight excluding hydrogens is 270 g/mol. The molecule has 6 heteroatoms. The first kappa shape index (κ1) is 12.1. The Labute approximate surface area is 121 Å². The summed E-state index contributed by atoms with van der Waals surface area (Å²) < 4.78 is 1.91. The number of nitrogens with zero attached hydrogens (tertiary/aromatic N) is 5. The lowest BCUT2D eigenvalue weighted by Crippen LogP contribution is -2.47. The summed E-state index contributed by atoms with van der Waals surface area (Å²) in [5.41, 5.74) is 1.98. The van der Waals surface area contributed by atoms with Crippen molar-refractivity contribution in [2.24, 2.45) is 0 Å². The number of rotatable bonds is 3. The smallest absolute Gasteiger partial charge is 0.107 e. The summed E-state index contributed by atoms with van der Waals surface area (Å²) >= 11 is 1.89. The average Bonchev–Trinajstić information content (AvgIpc) is 3.08. The predicted molar refractivity (Wildman–Crippen MR) is 75.4 cm³/mol. The summed E-state index contributed by atoms with van der Waals surface area (Å²) in [4.78, 5) is 8.64. The third-order valence-electron chi connectivity index (χ3n) is 4.04. The predicted octanol–water partition coefficient (Wildman–Crippen LogP) is 1.76. The highest BCUT2D eigenvalue weighted by atomic mass is 32.1. The third kappa shape index (κ3) is 2.03. The van der Waals surface area contributed by atoms with Gasteiger partial charge in [0, 0.05) is 24.2 Å². The van der Waals surface area contributed by atoms with Crippen LogP contribution in [0.3, 0.4) is 0 Å². The van der Waals surface area contributed by atoms with Crippen molar-refractivity contribution < 1.29 is 0 Å². The summed E-state index contributed by atoms with van der Waals surface area (Å²) in [7, 11) is 0. The van der Waals surface area contributed by atoms with E-state index in [1.807, 2.05) is 22.2 Å². The Morgan fingerprint density at radius 2 is 2.30 bits per heavy atom. The highest BCUT2D eigenvalue weighted by Crippen LogP contribution is 2.30. The van der Waals surface area contributed by atoms with E-state index in [0.717, 1.165) is 19.6 Å². The minimum Gasteiger partial charge on any atom is -0.292 e. The van der Waals surface area contributed by atoms with E-state index in [2.05, 4.69) is 16.1 Å². The highest BCUT2D eigenvalue weighted by molar-refractivity contribution is 7.11. The lowest BCUT2D eigenvalue weighted by Gasteiger charge is -2.38. The zero-order chi connectivity index (χ0) is 13.5. The zero-order valence-corrected chi connectivity index (χ0v) is 11.9. The van der Waals surface area contributed by atoms with E-state index in [0.29, 0.717) is 11.6 Å². The first-order valence-corrected chi connectivity index (χ1v) is 7.77. The molecule has 0 amide bonds. The van der Waals surface area contributed by atoms with Crippen molar-refractivity contribution in [3.8, 4) is 6.07 Å². The molecule has 0 atom stereocenters. The number of nitriles is 1. The van der Waals surface area contributed by atoms with Crippen LogP contribution in [0.1, 0.15) is 33.6 Å². The van der Waals surface area contributed by atoms with Crippen LogP contribution in [-0.2, 0) is 19.4 Å². The van der Waals surface area contributed by atoms with Crippen LogP contribution in [0.5, 0.6) is 0 Å². The second-order valence-electron chi connectivity index (χ2n) is 5.50. The molecule has 2 aromatic rings. The molecule has 2 aromatic heterocycles. The van der Waals surface area contributed by atoms with Crippen molar-refractivity contribution in [3.63, 3.8) is 0 Å². The van der Waals surface area contributed by atoms with Crippen LogP contribution >= 0.6 is 11.3 Å². The Morgan fingerprint density at radius 3 is 3.05 bits per heavy atom. The van der Waals surface area contributed by atoms with Crippen molar-refractivity contribution in [1.29, 1.82) is 5.26 Å². The number of aromatic nitrogens is 3. The van der Waals surface area contributed by atoms with E-state index in [-0.39, 0.29) is 0 Å². The molecule has 0 radical (unpaired) electrons. The average molecular weight is 285 g/mol. The van der Waals surface area contributed by atoms with Crippen LogP contribution in [0.4, 0.5) is 0 Å². The van der Waals surface area contributed by atoms with Crippen molar-refractivity contribution in [2.75, 3.05) is 13.1 Å². The number of aryl methyl sites for hydroxylation is 2. The first-order valence-electron chi connectivity index (χ1n) is 6.96. The third-order valence-corrected chi connectivity index (χ3v) is 5.18. The maximum atomic E-state index is 8.81. The molecule has 0 spiro atoms. The fourth-order valence-electron chi connectivity index (χ4n) is 2.94. The van der Waals surface area contributed by atoms with Crippen molar-refractivity contribution >= 4 is 11.3 Å². The Kier molecular flexibility index (Phi) is 2.83. The van der Waals surface area contributed by atoms with Crippen LogP contribution in [0.25, 0.3) is 0 Å². The van der Waals surface area contributed by atoms with E-state index in [9.17, 15) is 0 Å². The second-order valence-corrected chi connectivity index (χ2v) is 6.67. The second kappa shape index (κ2) is 4.69. The molecule has 102 valence electrons. The Morgan fingerprint density at radius 1 is 1.40 bits per heavy atom. The lowest BCUT2D eigenvalue weighted by atomic mass is 10.1. The maximum absolute atomic E-state index is 8.81. The van der Waals surface area contributed by atoms with Gasteiger partial charge in [-0.1, -0.05) is 0 Å². The SMILES string of the molecule is N#Cc1cnn(C2CN(Cc3nc4c(s3)CCC4)C2)c1. The molecule has 0 unspecified atom stereocenters. The summed E-state index contributed by atoms with van der Waals surface area (Å²) in [6, 6.07) is 2.52. The van der Waals surface area contributed by atoms with Crippen LogP contribution in [0, 0.1) is 11.3 Å². The number of hydrogen-bond acceptors (Lipinski definition) is 5. The van der Waals surface area contributed by atoms with Crippen molar-refractivity contribution in [2.45, 2.75) is 31.8 Å². The maximum Gasteiger partial charge on any atom is 0.107 e. The largest absolute Gasteiger partial charge is 0.292 e. The van der Waals surface area contributed by atoms with E-state index >= 15 is 0 Å². The molecule has 1 saturated heterocycles. The number of likely N-dealkylation sites (tertiary alicyclic amines) is 1. The summed E-state index contributed by atoms with van der Waals surface area (Å²) in [6.45, 7) is 2.95. The van der Waals surface area contributed by atoms with Gasteiger partial charge in [-0.15, -0.1) is 11.3 Å². The zero-order valence-electron chi connectivity index (χ0n) is 11.1. The fraction of sp³-hybridized carbons (Fsp3) is 0.500. The van der Waals surface area contributed by atoms with Gasteiger partial charge < -0.3 is 0 Å². The monoisotopic (exact) mass is 285 g/mol. The topological polar surface area (TPSA) is 57.7 Å². The number of thiazole rings is 1. The molecule has 3 heterocycles. The van der Waals surface area contributed by atoms with E-state index in [4.69, 9.17) is 10.2 Å². The molecular formula is C14H15N5S. The van der Waals surface area contributed by atoms with Crippen molar-refractivity contribution in [3.05, 3.63) is 33.5 Å². The molecule has 0 aromatic carbocycles. The highest BCUT2D eigenvalue weighted by Gasteiger charge is 2.30. The molecule has 1 aliphatic heterocycles. The molecule has 1 fully saturated rings. The Bertz CT molecular complexity index is 653. The van der Waals surface area contributed by atoms with Gasteiger partial charge in [0.1, 0.15) is 11.1 Å². The number of fused-ring (bicyclic) bond motifs is 1. The van der Waals surface area contributed by atoms with Gasteiger partial charge in [0.05, 0.1) is 30.0 Å². The molecule has 0 N–H and O–H groups in total. The van der Waals surface area contributed by atoms with Crippen LogP contribution in [-0.4, -0.2) is 32.8 Å². The summed E-state index contributed by atoms with van der Waals surface area (Å²) in [5, 5.41) is 14.3. The molecule has 0 bridgehead atoms. The van der Waals surface area contributed by atoms with Gasteiger partial charge in [0.15, 0.2) is 0 Å². The van der Waals surface area contributed by atoms with Crippen molar-refractivity contribution in [1.82, 2.24) is 19.7 Å². The molecule has 2 aliphatic rings. The van der Waals surface area contributed by atoms with Gasteiger partial charge in [-0.3, -0.25) is 9.58 Å². The molecule has 1 aliphatic carbocycles. The standard InChI is InChI=1S/C14H15N5S/c15-4-10-5-16-19(6-10)11-7-18(8-11)9-14-17-12-2-1-3-13(12)20-14/h5-6,11H,1-3,7-9H2. The lowest BCUT2D eigenvalue weighted by molar-refractivity contribution is 0.0907. The minimum atomic E-state index is 0.406. The first-order chi connectivity index (χ1) is 9.81. The van der Waals surface area contributed by atoms with Crippen LogP contribution in [0.15, 0.2) is 12.4 Å². The quantitative estimate of drug-likeness (QED) is 0.862. The minimum absolute atomic E-state index is 0.406. The van der Waals surface area contributed by atoms with E-state index in [1.165, 1.54) is 34.8 Å². The Balaban J connectivity index is 1.35. The Hall–Kier alpha value is -1.71. The van der Waals surface area contributed by atoms with Gasteiger partial charge >= 0.3 is 0 Å². The van der Waals surface area contributed by atoms with E-state index < -0.39 is 0 Å². The van der Waals surface area contributed by atoms with Crippen LogP contribution < -0.4 is 0 Å². The van der Waals surface area contributed by atoms with E-state index in [1.54, 1.807) is 6.20 Å². The molecule has 0 saturated carbocycles. The summed E-state index contributed by atoms with van der Waals surface area (Å²) in [5.74, 6) is 0. The van der Waals surface area contributed by atoms with Gasteiger partial charge in [0.2, 0.25) is 0 Å². The fourth-order valence-corrected chi connectivity index (χ4v) is 4.14. The van der Waals surface area contributed by atoms with Gasteiger partial charge in [0.25, 0.3) is 0 Å². The van der Waals surface area contributed by atoms with Gasteiger partial charge in [-0.2, -0.15) is 10.4 Å². The molecule has 5 nitrogen and oxygen atoms in total. The molecule has 4 rings (SSSR count). The van der Waals surface area contributed by atoms with Gasteiger partial charge in [-0.25, -0.2) is 4.98 Å². The normalized spacial score (nSPS) is 18.8.